The Morgan fingerprint density at radius 2 is 1.28 bits per heavy atom. The summed E-state index contributed by atoms with van der Waals surface area (Å²) in [6.07, 6.45) is 7.71. The lowest BCUT2D eigenvalue weighted by Gasteiger charge is -2.35. The van der Waals surface area contributed by atoms with Gasteiger partial charge < -0.3 is 9.05 Å². The molecule has 2 aromatic rings. The Kier molecular flexibility index (Phi) is 10.1. The van der Waals surface area contributed by atoms with Crippen molar-refractivity contribution >= 4 is 32.9 Å². The molecule has 2 rings (SSSR count). The molecule has 156 valence electrons. The third-order valence-corrected chi connectivity index (χ3v) is 13.0. The Balaban J connectivity index is 2.43. The average molecular weight is 431 g/mol. The summed E-state index contributed by atoms with van der Waals surface area (Å²) in [6, 6.07) is 20.1. The molecule has 6 heteroatoms. The minimum Gasteiger partial charge on any atom is -0.309 e. The monoisotopic (exact) mass is 431 g/mol. The van der Waals surface area contributed by atoms with Crippen LogP contribution in [0, 0.1) is 0 Å². The summed E-state index contributed by atoms with van der Waals surface area (Å²) >= 11 is 0. The van der Waals surface area contributed by atoms with Crippen LogP contribution in [-0.2, 0) is 13.6 Å². The second-order valence-corrected chi connectivity index (χ2v) is 13.4. The second-order valence-electron chi connectivity index (χ2n) is 7.39. The maximum atomic E-state index is 13.7. The number of hydrogen-bond donors (Lipinski definition) is 0. The van der Waals surface area contributed by atoms with E-state index in [0.717, 1.165) is 29.9 Å². The van der Waals surface area contributed by atoms with Crippen LogP contribution in [0.3, 0.4) is 0 Å². The molecule has 0 aliphatic rings. The largest absolute Gasteiger partial charge is 0.378 e. The lowest BCUT2D eigenvalue weighted by Crippen LogP contribution is -2.32. The minimum atomic E-state index is -3.38. The Bertz CT molecular complexity index is 708. The summed E-state index contributed by atoms with van der Waals surface area (Å²) in [7, 11) is 4.31. The molecule has 0 saturated heterocycles. The van der Waals surface area contributed by atoms with E-state index in [1.54, 1.807) is 0 Å². The van der Waals surface area contributed by atoms with Gasteiger partial charge in [0.2, 0.25) is 0 Å². The fourth-order valence-electron chi connectivity index (χ4n) is 3.85. The summed E-state index contributed by atoms with van der Waals surface area (Å²) in [5.41, 5.74) is 0. The first-order valence-electron chi connectivity index (χ1n) is 10.5. The zero-order valence-electron chi connectivity index (χ0n) is 18.0. The quantitative estimate of drug-likeness (QED) is 0.212. The van der Waals surface area contributed by atoms with Crippen molar-refractivity contribution in [3.05, 3.63) is 60.7 Å². The molecule has 0 aliphatic heterocycles. The van der Waals surface area contributed by atoms with Gasteiger partial charge in [0.1, 0.15) is 0 Å². The van der Waals surface area contributed by atoms with Crippen LogP contribution in [0.5, 0.6) is 0 Å². The van der Waals surface area contributed by atoms with E-state index >= 15 is 0 Å². The first-order valence-corrected chi connectivity index (χ1v) is 14.1. The van der Waals surface area contributed by atoms with Crippen molar-refractivity contribution in [3.8, 4) is 0 Å². The topological polar surface area (TPSA) is 35.5 Å². The smallest absolute Gasteiger partial charge is 0.309 e. The summed E-state index contributed by atoms with van der Waals surface area (Å²) in [4.78, 5) is 0. The molecule has 1 atom stereocenters. The fourth-order valence-corrected chi connectivity index (χ4v) is 11.0. The van der Waals surface area contributed by atoms with E-state index in [4.69, 9.17) is 16.6 Å². The van der Waals surface area contributed by atoms with Gasteiger partial charge in [0.25, 0.3) is 0 Å². The van der Waals surface area contributed by atoms with Gasteiger partial charge in [0, 0.05) is 21.4 Å². The molecule has 0 aliphatic carbocycles. The Morgan fingerprint density at radius 1 is 0.828 bits per heavy atom. The molecular formula is C23H34BO3P2+. The lowest BCUT2D eigenvalue weighted by atomic mass is 10.1. The van der Waals surface area contributed by atoms with Gasteiger partial charge >= 0.3 is 15.2 Å². The Hall–Kier alpha value is -0.915. The van der Waals surface area contributed by atoms with E-state index < -0.39 is 14.7 Å². The molecule has 0 saturated carbocycles. The van der Waals surface area contributed by atoms with Gasteiger partial charge in [0.05, 0.1) is 10.6 Å². The maximum Gasteiger partial charge on any atom is 0.378 e. The number of rotatable bonds is 13. The van der Waals surface area contributed by atoms with E-state index in [1.807, 2.05) is 60.7 Å². The van der Waals surface area contributed by atoms with Gasteiger partial charge in [-0.25, -0.2) is 0 Å². The molecule has 2 radical (unpaired) electrons. The predicted molar refractivity (Wildman–Crippen MR) is 128 cm³/mol. The predicted octanol–water partition coefficient (Wildman–Crippen LogP) is 6.30. The maximum absolute atomic E-state index is 13.7. The Labute approximate surface area is 178 Å². The van der Waals surface area contributed by atoms with Gasteiger partial charge in [-0.1, -0.05) is 75.4 Å². The molecule has 3 nitrogen and oxygen atoms in total. The first kappa shape index (κ1) is 24.4. The van der Waals surface area contributed by atoms with E-state index in [0.29, 0.717) is 0 Å². The molecule has 0 aromatic heterocycles. The summed E-state index contributed by atoms with van der Waals surface area (Å²) in [5, 5.41) is 1.67. The first-order chi connectivity index (χ1) is 14.0. The van der Waals surface area contributed by atoms with Crippen LogP contribution >= 0.6 is 14.7 Å². The zero-order chi connectivity index (χ0) is 21.2. The summed E-state index contributed by atoms with van der Waals surface area (Å²) < 4.78 is 24.7. The van der Waals surface area contributed by atoms with E-state index in [9.17, 15) is 4.57 Å². The van der Waals surface area contributed by atoms with Gasteiger partial charge in [-0.3, -0.25) is 4.57 Å². The van der Waals surface area contributed by atoms with Gasteiger partial charge in [-0.15, -0.1) is 0 Å². The van der Waals surface area contributed by atoms with E-state index in [2.05, 4.69) is 6.92 Å². The standard InChI is InChI=1S/C23H34BO3P2/c1-4-5-6-7-8-15-20-23(29(25,26-2)27-3)28(24,21-16-11-9-12-17-21)22-18-13-10-14-19-22/h9-14,16-19,23H,4-8,15,20H2,1-3H3/q+1. The zero-order valence-corrected chi connectivity index (χ0v) is 19.8. The van der Waals surface area contributed by atoms with Crippen molar-refractivity contribution in [2.45, 2.75) is 57.3 Å². The van der Waals surface area contributed by atoms with Crippen molar-refractivity contribution in [1.82, 2.24) is 0 Å². The number of hydrogen-bond acceptors (Lipinski definition) is 3. The molecule has 1 unspecified atom stereocenters. The molecule has 0 amide bonds. The van der Waals surface area contributed by atoms with E-state index in [-0.39, 0.29) is 5.40 Å². The molecule has 0 bridgehead atoms. The fraction of sp³-hybridized carbons (Fsp3) is 0.478. The molecule has 0 spiro atoms. The molecule has 0 heterocycles. The van der Waals surface area contributed by atoms with Gasteiger partial charge in [0.15, 0.2) is 5.40 Å². The van der Waals surface area contributed by atoms with Crippen LogP contribution in [0.2, 0.25) is 0 Å². The van der Waals surface area contributed by atoms with Gasteiger partial charge in [-0.2, -0.15) is 0 Å². The summed E-state index contributed by atoms with van der Waals surface area (Å²) in [6.45, 7) is 2.22. The lowest BCUT2D eigenvalue weighted by molar-refractivity contribution is 0.271. The SMILES string of the molecule is [B][P+](c1ccccc1)(c1ccccc1)C(CCCCCCCC)P(=O)(OC)OC. The summed E-state index contributed by atoms with van der Waals surface area (Å²) in [5.74, 6) is 0. The van der Waals surface area contributed by atoms with E-state index in [1.165, 1.54) is 39.9 Å². The highest BCUT2D eigenvalue weighted by molar-refractivity contribution is 8.12. The van der Waals surface area contributed by atoms with Gasteiger partial charge in [-0.05, 0) is 37.1 Å². The molecule has 29 heavy (non-hydrogen) atoms. The molecule has 0 N–H and O–H groups in total. The number of benzene rings is 2. The normalized spacial score (nSPS) is 13.3. The van der Waals surface area contributed by atoms with Crippen molar-refractivity contribution in [1.29, 1.82) is 0 Å². The average Bonchev–Trinajstić information content (AvgIpc) is 2.79. The highest BCUT2D eigenvalue weighted by Crippen LogP contribution is 2.73. The minimum absolute atomic E-state index is 0.374. The highest BCUT2D eigenvalue weighted by Gasteiger charge is 2.55. The van der Waals surface area contributed by atoms with Crippen molar-refractivity contribution in [2.24, 2.45) is 0 Å². The van der Waals surface area contributed by atoms with Crippen LogP contribution in [-0.4, -0.2) is 27.2 Å². The van der Waals surface area contributed by atoms with Crippen LogP contribution in [0.25, 0.3) is 0 Å². The second kappa shape index (κ2) is 12.1. The van der Waals surface area contributed by atoms with Crippen molar-refractivity contribution in [3.63, 3.8) is 0 Å². The molecule has 0 fully saturated rings. The molecule has 2 aromatic carbocycles. The van der Waals surface area contributed by atoms with Crippen LogP contribution in [0.15, 0.2) is 60.7 Å². The number of unbranched alkanes of at least 4 members (excludes halogenated alkanes) is 5. The van der Waals surface area contributed by atoms with Crippen LogP contribution in [0.4, 0.5) is 0 Å². The molecular weight excluding hydrogens is 397 g/mol. The third kappa shape index (κ3) is 6.05. The van der Waals surface area contributed by atoms with Crippen LogP contribution in [0.1, 0.15) is 51.9 Å². The van der Waals surface area contributed by atoms with Crippen molar-refractivity contribution in [2.75, 3.05) is 14.2 Å². The third-order valence-electron chi connectivity index (χ3n) is 5.53. The van der Waals surface area contributed by atoms with Crippen molar-refractivity contribution < 1.29 is 13.6 Å². The van der Waals surface area contributed by atoms with Crippen LogP contribution < -0.4 is 10.6 Å². The highest BCUT2D eigenvalue weighted by atomic mass is 31.2. The Morgan fingerprint density at radius 3 is 1.72 bits per heavy atom.